The van der Waals surface area contributed by atoms with Gasteiger partial charge in [0.05, 0.1) is 0 Å². The standard InChI is InChI=1S/C70H124O6/c1-4-7-10-13-16-19-22-25-27-28-29-30-31-32-33-34-35-36-37-38-39-40-41-42-43-46-48-51-54-57-60-63-69(72)75-66-67(65-74-68(71)62-59-56-53-50-47-44-24-21-18-15-12-9-6-3)76-70(73)64-61-58-55-52-49-45-26-23-20-17-14-11-8-5-2/h12,14-15,17,21-26,28-29,67H,4-11,13,16,18-20,27,30-66H2,1-3H3/b15-12-,17-14-,24-21-,25-22-,26-23-,29-28-. The molecule has 0 radical (unpaired) electrons. The van der Waals surface area contributed by atoms with Gasteiger partial charge in [-0.05, 0) is 103 Å². The Morgan fingerprint density at radius 2 is 0.513 bits per heavy atom. The van der Waals surface area contributed by atoms with Crippen LogP contribution in [0.2, 0.25) is 0 Å². The van der Waals surface area contributed by atoms with E-state index in [4.69, 9.17) is 14.2 Å². The van der Waals surface area contributed by atoms with E-state index in [1.807, 2.05) is 0 Å². The van der Waals surface area contributed by atoms with Crippen molar-refractivity contribution < 1.29 is 28.6 Å². The molecule has 0 amide bonds. The lowest BCUT2D eigenvalue weighted by Crippen LogP contribution is -2.30. The summed E-state index contributed by atoms with van der Waals surface area (Å²) in [5.74, 6) is -0.899. The molecule has 440 valence electrons. The number of esters is 3. The number of allylic oxidation sites excluding steroid dienone is 12. The average molecular weight is 1060 g/mol. The van der Waals surface area contributed by atoms with Crippen LogP contribution >= 0.6 is 0 Å². The molecule has 0 spiro atoms. The van der Waals surface area contributed by atoms with Gasteiger partial charge in [0.15, 0.2) is 6.10 Å². The van der Waals surface area contributed by atoms with E-state index >= 15 is 0 Å². The van der Waals surface area contributed by atoms with Gasteiger partial charge in [0.2, 0.25) is 0 Å². The van der Waals surface area contributed by atoms with Gasteiger partial charge >= 0.3 is 17.9 Å². The lowest BCUT2D eigenvalue weighted by molar-refractivity contribution is -0.167. The molecule has 6 heteroatoms. The second-order valence-electron chi connectivity index (χ2n) is 22.0. The molecule has 1 atom stereocenters. The summed E-state index contributed by atoms with van der Waals surface area (Å²) in [7, 11) is 0. The summed E-state index contributed by atoms with van der Waals surface area (Å²) in [6.45, 7) is 6.53. The third-order valence-corrected chi connectivity index (χ3v) is 14.4. The van der Waals surface area contributed by atoms with Crippen molar-refractivity contribution in [1.82, 2.24) is 0 Å². The van der Waals surface area contributed by atoms with Gasteiger partial charge in [-0.1, -0.05) is 286 Å². The SMILES string of the molecule is CCC/C=C\C/C=C\CCCCCCCC(=O)OCC(COC(=O)CCCCCCCCCCCCCCCCCCCCC/C=C\C/C=C\CCCCCCC)OC(=O)CCCCCCC/C=C\C/C=C\CCCC. The van der Waals surface area contributed by atoms with Crippen molar-refractivity contribution in [3.63, 3.8) is 0 Å². The monoisotopic (exact) mass is 1060 g/mol. The van der Waals surface area contributed by atoms with Crippen LogP contribution in [0.3, 0.4) is 0 Å². The number of carbonyl (C=O) groups is 3. The molecule has 6 nitrogen and oxygen atoms in total. The lowest BCUT2D eigenvalue weighted by atomic mass is 10.0. The molecule has 0 saturated carbocycles. The van der Waals surface area contributed by atoms with Crippen molar-refractivity contribution in [3.05, 3.63) is 72.9 Å². The Bertz CT molecular complexity index is 1400. The summed E-state index contributed by atoms with van der Waals surface area (Å²) in [6.07, 6.45) is 83.6. The van der Waals surface area contributed by atoms with E-state index in [0.717, 1.165) is 116 Å². The summed E-state index contributed by atoms with van der Waals surface area (Å²) in [5.41, 5.74) is 0. The zero-order chi connectivity index (χ0) is 55.0. The Morgan fingerprint density at radius 1 is 0.263 bits per heavy atom. The van der Waals surface area contributed by atoms with Gasteiger partial charge in [-0.15, -0.1) is 0 Å². The van der Waals surface area contributed by atoms with Crippen LogP contribution in [0.15, 0.2) is 72.9 Å². The van der Waals surface area contributed by atoms with Crippen LogP contribution in [0.4, 0.5) is 0 Å². The molecule has 0 heterocycles. The van der Waals surface area contributed by atoms with Gasteiger partial charge in [-0.25, -0.2) is 0 Å². The summed E-state index contributed by atoms with van der Waals surface area (Å²) >= 11 is 0. The Labute approximate surface area is 472 Å². The van der Waals surface area contributed by atoms with Gasteiger partial charge in [-0.2, -0.15) is 0 Å². The van der Waals surface area contributed by atoms with Crippen molar-refractivity contribution in [3.8, 4) is 0 Å². The second kappa shape index (κ2) is 64.4. The first-order valence-corrected chi connectivity index (χ1v) is 32.9. The third kappa shape index (κ3) is 61.7. The van der Waals surface area contributed by atoms with Gasteiger partial charge in [0.1, 0.15) is 13.2 Å². The highest BCUT2D eigenvalue weighted by Crippen LogP contribution is 2.17. The number of ether oxygens (including phenoxy) is 3. The van der Waals surface area contributed by atoms with Gasteiger partial charge in [-0.3, -0.25) is 14.4 Å². The fourth-order valence-corrected chi connectivity index (χ4v) is 9.41. The van der Waals surface area contributed by atoms with Crippen molar-refractivity contribution in [1.29, 1.82) is 0 Å². The number of rotatable bonds is 60. The summed E-state index contributed by atoms with van der Waals surface area (Å²) < 4.78 is 16.9. The molecule has 0 aliphatic heterocycles. The zero-order valence-electron chi connectivity index (χ0n) is 50.5. The van der Waals surface area contributed by atoms with E-state index in [1.165, 1.54) is 180 Å². The second-order valence-corrected chi connectivity index (χ2v) is 22.0. The zero-order valence-corrected chi connectivity index (χ0v) is 50.5. The Balaban J connectivity index is 4.14. The van der Waals surface area contributed by atoms with Crippen molar-refractivity contribution in [2.75, 3.05) is 13.2 Å². The predicted molar refractivity (Wildman–Crippen MR) is 330 cm³/mol. The maximum Gasteiger partial charge on any atom is 0.306 e. The highest BCUT2D eigenvalue weighted by Gasteiger charge is 2.19. The van der Waals surface area contributed by atoms with Gasteiger partial charge < -0.3 is 14.2 Å². The molecule has 0 N–H and O–H groups in total. The van der Waals surface area contributed by atoms with Crippen LogP contribution < -0.4 is 0 Å². The highest BCUT2D eigenvalue weighted by atomic mass is 16.6. The summed E-state index contributed by atoms with van der Waals surface area (Å²) in [6, 6.07) is 0. The number of hydrogen-bond donors (Lipinski definition) is 0. The minimum absolute atomic E-state index is 0.0831. The van der Waals surface area contributed by atoms with Crippen LogP contribution in [-0.2, 0) is 28.6 Å². The normalized spacial score (nSPS) is 12.5. The quantitative estimate of drug-likeness (QED) is 0.0261. The fraction of sp³-hybridized carbons (Fsp3) is 0.786. The van der Waals surface area contributed by atoms with Crippen LogP contribution in [0.1, 0.15) is 335 Å². The number of hydrogen-bond acceptors (Lipinski definition) is 6. The topological polar surface area (TPSA) is 78.9 Å². The van der Waals surface area contributed by atoms with E-state index < -0.39 is 6.10 Å². The maximum atomic E-state index is 12.9. The number of carbonyl (C=O) groups excluding carboxylic acids is 3. The Hall–Kier alpha value is -3.15. The lowest BCUT2D eigenvalue weighted by Gasteiger charge is -2.18. The van der Waals surface area contributed by atoms with Crippen molar-refractivity contribution >= 4 is 17.9 Å². The minimum Gasteiger partial charge on any atom is -0.462 e. The molecular formula is C70H124O6. The molecule has 0 aromatic heterocycles. The van der Waals surface area contributed by atoms with Crippen molar-refractivity contribution in [2.45, 2.75) is 341 Å². The first-order chi connectivity index (χ1) is 37.5. The molecule has 0 saturated heterocycles. The largest absolute Gasteiger partial charge is 0.462 e. The first-order valence-electron chi connectivity index (χ1n) is 32.9. The predicted octanol–water partition coefficient (Wildman–Crippen LogP) is 22.5. The Morgan fingerprint density at radius 3 is 0.816 bits per heavy atom. The molecule has 0 bridgehead atoms. The van der Waals surface area contributed by atoms with E-state index in [-0.39, 0.29) is 31.1 Å². The van der Waals surface area contributed by atoms with Gasteiger partial charge in [0.25, 0.3) is 0 Å². The highest BCUT2D eigenvalue weighted by molar-refractivity contribution is 5.71. The van der Waals surface area contributed by atoms with Crippen LogP contribution in [0.5, 0.6) is 0 Å². The maximum absolute atomic E-state index is 12.9. The van der Waals surface area contributed by atoms with E-state index in [0.29, 0.717) is 19.3 Å². The fourth-order valence-electron chi connectivity index (χ4n) is 9.41. The van der Waals surface area contributed by atoms with Crippen molar-refractivity contribution in [2.24, 2.45) is 0 Å². The molecule has 0 aliphatic carbocycles. The third-order valence-electron chi connectivity index (χ3n) is 14.4. The minimum atomic E-state index is -0.788. The van der Waals surface area contributed by atoms with E-state index in [9.17, 15) is 14.4 Å². The van der Waals surface area contributed by atoms with Crippen LogP contribution in [0, 0.1) is 0 Å². The van der Waals surface area contributed by atoms with E-state index in [2.05, 4.69) is 93.7 Å². The Kier molecular flexibility index (Phi) is 61.7. The molecule has 0 aliphatic rings. The van der Waals surface area contributed by atoms with Crippen LogP contribution in [-0.4, -0.2) is 37.2 Å². The smallest absolute Gasteiger partial charge is 0.306 e. The molecule has 0 aromatic rings. The molecule has 1 unspecified atom stereocenters. The number of unbranched alkanes of at least 4 members (excludes halogenated alkanes) is 37. The van der Waals surface area contributed by atoms with E-state index in [1.54, 1.807) is 0 Å². The molecule has 0 rings (SSSR count). The first kappa shape index (κ1) is 72.8. The molecule has 0 aromatic carbocycles. The molecular weight excluding hydrogens is 937 g/mol. The molecule has 76 heavy (non-hydrogen) atoms. The van der Waals surface area contributed by atoms with Gasteiger partial charge in [0, 0.05) is 19.3 Å². The average Bonchev–Trinajstić information content (AvgIpc) is 3.42. The summed E-state index contributed by atoms with van der Waals surface area (Å²) in [4.78, 5) is 38.2. The summed E-state index contributed by atoms with van der Waals surface area (Å²) in [5, 5.41) is 0. The van der Waals surface area contributed by atoms with Crippen LogP contribution in [0.25, 0.3) is 0 Å². The molecule has 0 fully saturated rings.